The molecule has 0 aliphatic carbocycles. The molecule has 0 spiro atoms. The number of ether oxygens (including phenoxy) is 1. The van der Waals surface area contributed by atoms with Gasteiger partial charge in [0.1, 0.15) is 11.9 Å². The summed E-state index contributed by atoms with van der Waals surface area (Å²) in [6, 6.07) is 8.16. The number of guanidine groups is 1. The van der Waals surface area contributed by atoms with E-state index in [4.69, 9.17) is 4.74 Å². The lowest BCUT2D eigenvalue weighted by molar-refractivity contribution is 0.187. The number of nitrogens with one attached hydrogen (secondary N) is 2. The van der Waals surface area contributed by atoms with Crippen molar-refractivity contribution in [2.24, 2.45) is 10.9 Å². The van der Waals surface area contributed by atoms with E-state index in [1.165, 1.54) is 44.5 Å². The number of piperidine rings is 1. The highest BCUT2D eigenvalue weighted by Gasteiger charge is 2.17. The first-order chi connectivity index (χ1) is 12.6. The number of aliphatic imine (C=N–C) groups is 1. The van der Waals surface area contributed by atoms with Crippen LogP contribution in [0.25, 0.3) is 0 Å². The van der Waals surface area contributed by atoms with Gasteiger partial charge in [0.25, 0.3) is 0 Å². The number of benzene rings is 1. The Balaban J connectivity index is 0.00000364. The van der Waals surface area contributed by atoms with Crippen molar-refractivity contribution in [2.75, 3.05) is 39.8 Å². The van der Waals surface area contributed by atoms with Crippen molar-refractivity contribution < 1.29 is 4.74 Å². The van der Waals surface area contributed by atoms with E-state index in [2.05, 4.69) is 53.4 Å². The average molecular weight is 488 g/mol. The molecule has 154 valence electrons. The molecule has 0 amide bonds. The van der Waals surface area contributed by atoms with Crippen LogP contribution in [0.5, 0.6) is 5.75 Å². The van der Waals surface area contributed by atoms with Crippen LogP contribution < -0.4 is 15.4 Å². The van der Waals surface area contributed by atoms with E-state index in [9.17, 15) is 0 Å². The van der Waals surface area contributed by atoms with Crippen molar-refractivity contribution in [1.29, 1.82) is 0 Å². The first-order valence-corrected chi connectivity index (χ1v) is 10.0. The summed E-state index contributed by atoms with van der Waals surface area (Å²) < 4.78 is 5.96. The van der Waals surface area contributed by atoms with E-state index in [1.54, 1.807) is 0 Å². The monoisotopic (exact) mass is 488 g/mol. The molecule has 1 saturated heterocycles. The van der Waals surface area contributed by atoms with Crippen molar-refractivity contribution >= 4 is 29.9 Å². The SMILES string of the molecule is CCN1CCC(CCNC(=NC)NCC(C)Oc2cccc(C)c2)CC1.I. The second-order valence-corrected chi connectivity index (χ2v) is 7.29. The number of hydrogen-bond acceptors (Lipinski definition) is 3. The van der Waals surface area contributed by atoms with Gasteiger partial charge in [-0.25, -0.2) is 0 Å². The molecule has 6 heteroatoms. The quantitative estimate of drug-likeness (QED) is 0.333. The van der Waals surface area contributed by atoms with Crippen LogP contribution in [0.1, 0.15) is 38.7 Å². The summed E-state index contributed by atoms with van der Waals surface area (Å²) in [4.78, 5) is 6.86. The Morgan fingerprint density at radius 2 is 2.04 bits per heavy atom. The van der Waals surface area contributed by atoms with Crippen molar-refractivity contribution in [2.45, 2.75) is 46.1 Å². The lowest BCUT2D eigenvalue weighted by atomic mass is 9.93. The number of hydrogen-bond donors (Lipinski definition) is 2. The highest BCUT2D eigenvalue weighted by molar-refractivity contribution is 14.0. The second-order valence-electron chi connectivity index (χ2n) is 7.29. The van der Waals surface area contributed by atoms with Crippen LogP contribution in [-0.2, 0) is 0 Å². The molecule has 2 N–H and O–H groups in total. The molecule has 0 radical (unpaired) electrons. The predicted molar refractivity (Wildman–Crippen MR) is 126 cm³/mol. The molecule has 1 aliphatic heterocycles. The van der Waals surface area contributed by atoms with Crippen molar-refractivity contribution in [3.63, 3.8) is 0 Å². The lowest BCUT2D eigenvalue weighted by Crippen LogP contribution is -2.42. The zero-order chi connectivity index (χ0) is 18.8. The standard InChI is InChI=1S/C21H36N4O.HI/c1-5-25-13-10-19(11-14-25)9-12-23-21(22-4)24-16-18(3)26-20-8-6-7-17(2)15-20;/h6-8,15,18-19H,5,9-14,16H2,1-4H3,(H2,22,23,24);1H. The van der Waals surface area contributed by atoms with Crippen LogP contribution in [0.3, 0.4) is 0 Å². The molecule has 5 nitrogen and oxygen atoms in total. The van der Waals surface area contributed by atoms with Crippen molar-refractivity contribution in [3.8, 4) is 5.75 Å². The van der Waals surface area contributed by atoms with Gasteiger partial charge in [0.15, 0.2) is 5.96 Å². The first-order valence-electron chi connectivity index (χ1n) is 10.0. The molecule has 27 heavy (non-hydrogen) atoms. The van der Waals surface area contributed by atoms with Crippen LogP contribution in [0, 0.1) is 12.8 Å². The molecular formula is C21H37IN4O. The molecule has 1 heterocycles. The molecule has 1 aromatic rings. The van der Waals surface area contributed by atoms with Crippen molar-refractivity contribution in [1.82, 2.24) is 15.5 Å². The molecule has 1 atom stereocenters. The fourth-order valence-corrected chi connectivity index (χ4v) is 3.41. The van der Waals surface area contributed by atoms with Crippen LogP contribution in [-0.4, -0.2) is 56.7 Å². The summed E-state index contributed by atoms with van der Waals surface area (Å²) in [6.45, 7) is 11.8. The Kier molecular flexibility index (Phi) is 11.7. The fraction of sp³-hybridized carbons (Fsp3) is 0.667. The largest absolute Gasteiger partial charge is 0.489 e. The maximum absolute atomic E-state index is 5.96. The van der Waals surface area contributed by atoms with Gasteiger partial charge in [0, 0.05) is 13.6 Å². The molecule has 0 bridgehead atoms. The smallest absolute Gasteiger partial charge is 0.191 e. The molecule has 1 aliphatic rings. The summed E-state index contributed by atoms with van der Waals surface area (Å²) in [7, 11) is 1.82. The van der Waals surface area contributed by atoms with E-state index in [1.807, 2.05) is 19.2 Å². The molecular weight excluding hydrogens is 451 g/mol. The molecule has 0 aromatic heterocycles. The van der Waals surface area contributed by atoms with Gasteiger partial charge in [0.2, 0.25) is 0 Å². The lowest BCUT2D eigenvalue weighted by Gasteiger charge is -2.31. The van der Waals surface area contributed by atoms with E-state index >= 15 is 0 Å². The number of halogens is 1. The third kappa shape index (κ3) is 9.14. The van der Waals surface area contributed by atoms with Crippen LogP contribution in [0.4, 0.5) is 0 Å². The maximum atomic E-state index is 5.96. The van der Waals surface area contributed by atoms with Gasteiger partial charge in [-0.15, -0.1) is 24.0 Å². The predicted octanol–water partition coefficient (Wildman–Crippen LogP) is 3.67. The minimum Gasteiger partial charge on any atom is -0.489 e. The summed E-state index contributed by atoms with van der Waals surface area (Å²) in [6.07, 6.45) is 3.94. The molecule has 1 aromatic carbocycles. The van der Waals surface area contributed by atoms with Gasteiger partial charge in [-0.3, -0.25) is 4.99 Å². The Bertz CT molecular complexity index is 559. The third-order valence-corrected chi connectivity index (χ3v) is 5.11. The Morgan fingerprint density at radius 3 is 2.67 bits per heavy atom. The van der Waals surface area contributed by atoms with E-state index in [-0.39, 0.29) is 30.1 Å². The molecule has 2 rings (SSSR count). The molecule has 1 unspecified atom stereocenters. The van der Waals surface area contributed by atoms with Crippen LogP contribution >= 0.6 is 24.0 Å². The first kappa shape index (κ1) is 24.0. The van der Waals surface area contributed by atoms with Gasteiger partial charge in [-0.1, -0.05) is 19.1 Å². The number of rotatable bonds is 8. The number of nitrogens with zero attached hydrogens (tertiary/aromatic N) is 2. The Hall–Kier alpha value is -1.02. The van der Waals surface area contributed by atoms with Crippen LogP contribution in [0.2, 0.25) is 0 Å². The van der Waals surface area contributed by atoms with E-state index in [0.717, 1.165) is 30.7 Å². The minimum absolute atomic E-state index is 0. The normalized spacial score (nSPS) is 17.1. The minimum atomic E-state index is 0. The zero-order valence-electron chi connectivity index (χ0n) is 17.3. The Morgan fingerprint density at radius 1 is 1.30 bits per heavy atom. The highest BCUT2D eigenvalue weighted by Crippen LogP contribution is 2.19. The van der Waals surface area contributed by atoms with Gasteiger partial charge >= 0.3 is 0 Å². The Labute approximate surface area is 182 Å². The number of likely N-dealkylation sites (tertiary alicyclic amines) is 1. The highest BCUT2D eigenvalue weighted by atomic mass is 127. The summed E-state index contributed by atoms with van der Waals surface area (Å²) in [5.74, 6) is 2.61. The average Bonchev–Trinajstić information content (AvgIpc) is 2.65. The second kappa shape index (κ2) is 13.2. The maximum Gasteiger partial charge on any atom is 0.191 e. The summed E-state index contributed by atoms with van der Waals surface area (Å²) in [5, 5.41) is 6.80. The topological polar surface area (TPSA) is 48.9 Å². The fourth-order valence-electron chi connectivity index (χ4n) is 3.41. The molecule has 0 saturated carbocycles. The van der Waals surface area contributed by atoms with Crippen LogP contribution in [0.15, 0.2) is 29.3 Å². The summed E-state index contributed by atoms with van der Waals surface area (Å²) in [5.41, 5.74) is 1.21. The van der Waals surface area contributed by atoms with Crippen molar-refractivity contribution in [3.05, 3.63) is 29.8 Å². The van der Waals surface area contributed by atoms with Gasteiger partial charge < -0.3 is 20.3 Å². The van der Waals surface area contributed by atoms with Gasteiger partial charge in [-0.05, 0) is 76.4 Å². The third-order valence-electron chi connectivity index (χ3n) is 5.11. The van der Waals surface area contributed by atoms with Gasteiger partial charge in [-0.2, -0.15) is 0 Å². The van der Waals surface area contributed by atoms with Gasteiger partial charge in [0.05, 0.1) is 6.54 Å². The number of aryl methyl sites for hydroxylation is 1. The van der Waals surface area contributed by atoms with E-state index in [0.29, 0.717) is 0 Å². The van der Waals surface area contributed by atoms with E-state index < -0.39 is 0 Å². The zero-order valence-corrected chi connectivity index (χ0v) is 19.7. The summed E-state index contributed by atoms with van der Waals surface area (Å²) >= 11 is 0. The molecule has 1 fully saturated rings.